The summed E-state index contributed by atoms with van der Waals surface area (Å²) in [4.78, 5) is 0. The lowest BCUT2D eigenvalue weighted by Crippen LogP contribution is -1.92. The third kappa shape index (κ3) is 1.11. The maximum Gasteiger partial charge on any atom is -0.0189 e. The van der Waals surface area contributed by atoms with E-state index in [9.17, 15) is 0 Å². The summed E-state index contributed by atoms with van der Waals surface area (Å²) in [5.41, 5.74) is 1.61. The molecule has 0 aliphatic carbocycles. The first-order valence-electron chi connectivity index (χ1n) is 3.08. The van der Waals surface area contributed by atoms with E-state index in [1.807, 2.05) is 0 Å². The molecule has 0 saturated heterocycles. The van der Waals surface area contributed by atoms with E-state index in [1.54, 1.807) is 5.57 Å². The minimum Gasteiger partial charge on any atom is -0.0859 e. The van der Waals surface area contributed by atoms with Crippen molar-refractivity contribution in [3.63, 3.8) is 0 Å². The minimum atomic E-state index is 0.294. The molecular weight excluding hydrogens is 115 g/mol. The first-order chi connectivity index (χ1) is 3.70. The quantitative estimate of drug-likeness (QED) is 0.440. The lowest BCUT2D eigenvalue weighted by Gasteiger charge is -2.01. The molecule has 0 aromatic heterocycles. The standard InChI is InChI=1S/C7H13P/c1-6-4-8(3)5-7(6)2/h4,7H,5H2,1-3H3. The van der Waals surface area contributed by atoms with Gasteiger partial charge in [-0.1, -0.05) is 26.2 Å². The Kier molecular flexibility index (Phi) is 1.72. The summed E-state index contributed by atoms with van der Waals surface area (Å²) < 4.78 is 0. The van der Waals surface area contributed by atoms with Crippen molar-refractivity contribution >= 4 is 7.92 Å². The molecule has 0 aromatic carbocycles. The van der Waals surface area contributed by atoms with Gasteiger partial charge in [0.2, 0.25) is 0 Å². The topological polar surface area (TPSA) is 0 Å². The second kappa shape index (κ2) is 2.19. The van der Waals surface area contributed by atoms with Crippen molar-refractivity contribution in [1.82, 2.24) is 0 Å². The van der Waals surface area contributed by atoms with E-state index in [1.165, 1.54) is 6.16 Å². The van der Waals surface area contributed by atoms with Crippen LogP contribution in [0.15, 0.2) is 11.4 Å². The van der Waals surface area contributed by atoms with E-state index < -0.39 is 0 Å². The average molecular weight is 128 g/mol. The van der Waals surface area contributed by atoms with Gasteiger partial charge in [-0.3, -0.25) is 0 Å². The van der Waals surface area contributed by atoms with Crippen LogP contribution in [0, 0.1) is 5.92 Å². The summed E-state index contributed by atoms with van der Waals surface area (Å²) in [6.07, 6.45) is 1.43. The summed E-state index contributed by atoms with van der Waals surface area (Å²) in [5.74, 6) is 3.33. The molecule has 1 heteroatoms. The lowest BCUT2D eigenvalue weighted by molar-refractivity contribution is 0.795. The van der Waals surface area contributed by atoms with Gasteiger partial charge in [-0.15, -0.1) is 0 Å². The third-order valence-electron chi connectivity index (χ3n) is 1.76. The monoisotopic (exact) mass is 128 g/mol. The SMILES string of the molecule is CC1=CP(C)CC1C. The zero-order chi connectivity index (χ0) is 6.15. The summed E-state index contributed by atoms with van der Waals surface area (Å²) in [6, 6.07) is 0. The fraction of sp³-hybridized carbons (Fsp3) is 0.714. The number of rotatable bonds is 0. The van der Waals surface area contributed by atoms with Gasteiger partial charge < -0.3 is 0 Å². The molecule has 0 bridgehead atoms. The molecule has 46 valence electrons. The number of hydrogen-bond acceptors (Lipinski definition) is 0. The molecule has 0 N–H and O–H groups in total. The molecule has 1 heterocycles. The van der Waals surface area contributed by atoms with Crippen LogP contribution >= 0.6 is 7.92 Å². The molecular formula is C7H13P. The van der Waals surface area contributed by atoms with Crippen LogP contribution in [0.3, 0.4) is 0 Å². The van der Waals surface area contributed by atoms with Crippen molar-refractivity contribution in [2.75, 3.05) is 12.8 Å². The van der Waals surface area contributed by atoms with E-state index in [0.717, 1.165) is 5.92 Å². The Morgan fingerprint density at radius 1 is 1.75 bits per heavy atom. The predicted molar refractivity (Wildman–Crippen MR) is 40.6 cm³/mol. The van der Waals surface area contributed by atoms with Gasteiger partial charge in [0.25, 0.3) is 0 Å². The normalized spacial score (nSPS) is 37.6. The van der Waals surface area contributed by atoms with Crippen molar-refractivity contribution in [1.29, 1.82) is 0 Å². The van der Waals surface area contributed by atoms with Crippen LogP contribution in [0.4, 0.5) is 0 Å². The van der Waals surface area contributed by atoms with E-state index >= 15 is 0 Å². The molecule has 0 aromatic rings. The Labute approximate surface area is 52.7 Å². The fourth-order valence-corrected chi connectivity index (χ4v) is 3.31. The maximum absolute atomic E-state index is 2.44. The molecule has 8 heavy (non-hydrogen) atoms. The van der Waals surface area contributed by atoms with Gasteiger partial charge in [0.05, 0.1) is 0 Å². The molecule has 2 atom stereocenters. The van der Waals surface area contributed by atoms with Gasteiger partial charge in [0, 0.05) is 0 Å². The van der Waals surface area contributed by atoms with Crippen LogP contribution in [0.5, 0.6) is 0 Å². The summed E-state index contributed by atoms with van der Waals surface area (Å²) in [6.45, 7) is 6.91. The van der Waals surface area contributed by atoms with Crippen LogP contribution < -0.4 is 0 Å². The largest absolute Gasteiger partial charge is 0.0859 e. The molecule has 0 radical (unpaired) electrons. The van der Waals surface area contributed by atoms with E-state index in [2.05, 4.69) is 26.3 Å². The Balaban J connectivity index is 2.59. The molecule has 1 aliphatic heterocycles. The smallest absolute Gasteiger partial charge is 0.0189 e. The van der Waals surface area contributed by atoms with Crippen molar-refractivity contribution < 1.29 is 0 Å². The first-order valence-corrected chi connectivity index (χ1v) is 5.13. The summed E-state index contributed by atoms with van der Waals surface area (Å²) in [5, 5.41) is 0. The van der Waals surface area contributed by atoms with Crippen molar-refractivity contribution in [2.24, 2.45) is 5.92 Å². The minimum absolute atomic E-state index is 0.294. The van der Waals surface area contributed by atoms with Crippen LogP contribution in [-0.4, -0.2) is 12.8 Å². The van der Waals surface area contributed by atoms with Gasteiger partial charge >= 0.3 is 0 Å². The fourth-order valence-electron chi connectivity index (χ4n) is 1.10. The second-order valence-corrected chi connectivity index (χ2v) is 4.85. The molecule has 1 rings (SSSR count). The van der Waals surface area contributed by atoms with Gasteiger partial charge in [-0.05, 0) is 25.7 Å². The third-order valence-corrected chi connectivity index (χ3v) is 3.73. The highest BCUT2D eigenvalue weighted by atomic mass is 31.1. The molecule has 0 fully saturated rings. The summed E-state index contributed by atoms with van der Waals surface area (Å²) in [7, 11) is 0.294. The van der Waals surface area contributed by atoms with Crippen molar-refractivity contribution in [2.45, 2.75) is 13.8 Å². The van der Waals surface area contributed by atoms with Crippen molar-refractivity contribution in [3.8, 4) is 0 Å². The Hall–Kier alpha value is 0.170. The summed E-state index contributed by atoms with van der Waals surface area (Å²) >= 11 is 0. The maximum atomic E-state index is 2.44. The van der Waals surface area contributed by atoms with Gasteiger partial charge in [0.1, 0.15) is 0 Å². The van der Waals surface area contributed by atoms with Crippen LogP contribution in [0.25, 0.3) is 0 Å². The Morgan fingerprint density at radius 2 is 2.38 bits per heavy atom. The number of allylic oxidation sites excluding steroid dienone is 1. The molecule has 0 saturated carbocycles. The molecule has 1 aliphatic rings. The molecule has 2 unspecified atom stereocenters. The Bertz CT molecular complexity index is 116. The van der Waals surface area contributed by atoms with E-state index in [4.69, 9.17) is 0 Å². The zero-order valence-electron chi connectivity index (χ0n) is 5.81. The van der Waals surface area contributed by atoms with Crippen LogP contribution in [0.2, 0.25) is 0 Å². The molecule has 0 amide bonds. The lowest BCUT2D eigenvalue weighted by atomic mass is 10.1. The highest BCUT2D eigenvalue weighted by Crippen LogP contribution is 2.44. The average Bonchev–Trinajstić information content (AvgIpc) is 1.85. The van der Waals surface area contributed by atoms with Crippen LogP contribution in [-0.2, 0) is 0 Å². The highest BCUT2D eigenvalue weighted by molar-refractivity contribution is 7.60. The van der Waals surface area contributed by atoms with Crippen molar-refractivity contribution in [3.05, 3.63) is 11.4 Å². The predicted octanol–water partition coefficient (Wildman–Crippen LogP) is 2.65. The van der Waals surface area contributed by atoms with Gasteiger partial charge in [-0.2, -0.15) is 0 Å². The highest BCUT2D eigenvalue weighted by Gasteiger charge is 2.14. The first kappa shape index (κ1) is 6.29. The Morgan fingerprint density at radius 3 is 2.50 bits per heavy atom. The van der Waals surface area contributed by atoms with Gasteiger partial charge in [-0.25, -0.2) is 0 Å². The second-order valence-electron chi connectivity index (χ2n) is 2.71. The number of hydrogen-bond donors (Lipinski definition) is 0. The van der Waals surface area contributed by atoms with Gasteiger partial charge in [0.15, 0.2) is 0 Å². The van der Waals surface area contributed by atoms with Crippen LogP contribution in [0.1, 0.15) is 13.8 Å². The zero-order valence-corrected chi connectivity index (χ0v) is 6.70. The van der Waals surface area contributed by atoms with E-state index in [0.29, 0.717) is 7.92 Å². The molecule has 0 spiro atoms. The van der Waals surface area contributed by atoms with E-state index in [-0.39, 0.29) is 0 Å². The molecule has 0 nitrogen and oxygen atoms in total.